The molecule has 1 aliphatic rings. The molecule has 1 heterocycles. The summed E-state index contributed by atoms with van der Waals surface area (Å²) in [7, 11) is 0. The van der Waals surface area contributed by atoms with Crippen molar-refractivity contribution in [2.24, 2.45) is 0 Å². The summed E-state index contributed by atoms with van der Waals surface area (Å²) in [6, 6.07) is 30.4. The lowest BCUT2D eigenvalue weighted by atomic mass is 10.1. The minimum absolute atomic E-state index is 0.219. The van der Waals surface area contributed by atoms with Crippen molar-refractivity contribution in [1.82, 2.24) is 0 Å². The van der Waals surface area contributed by atoms with Crippen LogP contribution in [0.2, 0.25) is 0 Å². The summed E-state index contributed by atoms with van der Waals surface area (Å²) in [4.78, 5) is 0. The third-order valence-electron chi connectivity index (χ3n) is 5.18. The minimum atomic E-state index is -0.273. The molecule has 31 heavy (non-hydrogen) atoms. The molecule has 3 aromatic rings. The van der Waals surface area contributed by atoms with E-state index in [0.717, 1.165) is 16.7 Å². The highest BCUT2D eigenvalue weighted by molar-refractivity contribution is 5.15. The first kappa shape index (κ1) is 21.3. The normalized spacial score (nSPS) is 20.3. The largest absolute Gasteiger partial charge is 0.493 e. The molecule has 0 saturated carbocycles. The Morgan fingerprint density at radius 1 is 0.613 bits per heavy atom. The Balaban J connectivity index is 1.39. The van der Waals surface area contributed by atoms with Gasteiger partial charge in [0.1, 0.15) is 18.3 Å². The maximum atomic E-state index is 6.30. The minimum Gasteiger partial charge on any atom is -0.493 e. The Kier molecular flexibility index (Phi) is 7.88. The van der Waals surface area contributed by atoms with Gasteiger partial charge in [0, 0.05) is 0 Å². The summed E-state index contributed by atoms with van der Waals surface area (Å²) in [5.41, 5.74) is 3.37. The quantitative estimate of drug-likeness (QED) is 0.450. The molecule has 4 rings (SSSR count). The highest BCUT2D eigenvalue weighted by Crippen LogP contribution is 2.22. The predicted octanol–water partition coefficient (Wildman–Crippen LogP) is 5.29. The van der Waals surface area contributed by atoms with E-state index >= 15 is 0 Å². The van der Waals surface area contributed by atoms with Gasteiger partial charge < -0.3 is 18.9 Å². The van der Waals surface area contributed by atoms with Gasteiger partial charge in [-0.25, -0.2) is 0 Å². The van der Waals surface area contributed by atoms with Gasteiger partial charge in [0.2, 0.25) is 0 Å². The van der Waals surface area contributed by atoms with Crippen LogP contribution in [0.4, 0.5) is 0 Å². The molecule has 0 radical (unpaired) electrons. The summed E-state index contributed by atoms with van der Waals surface area (Å²) in [6.07, 6.45) is 2.88. The van der Waals surface area contributed by atoms with Crippen LogP contribution in [0.25, 0.3) is 0 Å². The lowest BCUT2D eigenvalue weighted by Gasteiger charge is -2.34. The lowest BCUT2D eigenvalue weighted by Crippen LogP contribution is -2.45. The van der Waals surface area contributed by atoms with Crippen molar-refractivity contribution >= 4 is 0 Å². The van der Waals surface area contributed by atoms with Crippen LogP contribution in [0, 0.1) is 0 Å². The van der Waals surface area contributed by atoms with E-state index in [1.54, 1.807) is 6.26 Å². The Labute approximate surface area is 184 Å². The zero-order chi connectivity index (χ0) is 21.1. The van der Waals surface area contributed by atoms with Crippen molar-refractivity contribution in [3.05, 3.63) is 120 Å². The van der Waals surface area contributed by atoms with E-state index in [1.807, 2.05) is 60.7 Å². The number of hydrogen-bond acceptors (Lipinski definition) is 4. The van der Waals surface area contributed by atoms with E-state index in [9.17, 15) is 0 Å². The van der Waals surface area contributed by atoms with Crippen LogP contribution in [0.5, 0.6) is 0 Å². The highest BCUT2D eigenvalue weighted by atomic mass is 16.6. The summed E-state index contributed by atoms with van der Waals surface area (Å²) >= 11 is 0. The fourth-order valence-corrected chi connectivity index (χ4v) is 3.51. The molecule has 0 N–H and O–H groups in total. The zero-order valence-corrected chi connectivity index (χ0v) is 17.5. The van der Waals surface area contributed by atoms with Gasteiger partial charge in [-0.1, -0.05) is 91.0 Å². The Bertz CT molecular complexity index is 912. The van der Waals surface area contributed by atoms with E-state index in [0.29, 0.717) is 26.4 Å². The van der Waals surface area contributed by atoms with E-state index in [1.165, 1.54) is 0 Å². The van der Waals surface area contributed by atoms with E-state index in [4.69, 9.17) is 18.9 Å². The van der Waals surface area contributed by atoms with Crippen molar-refractivity contribution in [3.63, 3.8) is 0 Å². The number of ether oxygens (including phenoxy) is 4. The van der Waals surface area contributed by atoms with Crippen molar-refractivity contribution in [2.45, 2.75) is 38.1 Å². The molecule has 0 aromatic heterocycles. The second kappa shape index (κ2) is 11.5. The topological polar surface area (TPSA) is 36.9 Å². The Hall–Kier alpha value is -2.92. The number of benzene rings is 3. The molecule has 4 nitrogen and oxygen atoms in total. The van der Waals surface area contributed by atoms with Crippen LogP contribution in [0.1, 0.15) is 16.7 Å². The molecule has 1 unspecified atom stereocenters. The molecular formula is C27H28O4. The highest BCUT2D eigenvalue weighted by Gasteiger charge is 2.34. The van der Waals surface area contributed by atoms with Gasteiger partial charge in [0.25, 0.3) is 0 Å². The second-order valence-electron chi connectivity index (χ2n) is 7.53. The van der Waals surface area contributed by atoms with Crippen LogP contribution in [0.15, 0.2) is 103 Å². The third kappa shape index (κ3) is 6.53. The zero-order valence-electron chi connectivity index (χ0n) is 17.5. The molecule has 0 aliphatic carbocycles. The maximum absolute atomic E-state index is 6.30. The van der Waals surface area contributed by atoms with Gasteiger partial charge in [0.05, 0.1) is 32.7 Å². The summed E-state index contributed by atoms with van der Waals surface area (Å²) in [5, 5.41) is 0. The van der Waals surface area contributed by atoms with Crippen LogP contribution < -0.4 is 0 Å². The SMILES string of the molecule is C1=CC(OCc2ccccc2)[C@@H](OCc2ccccc2)[C@@H](COCc2ccccc2)O1. The second-order valence-corrected chi connectivity index (χ2v) is 7.53. The fourth-order valence-electron chi connectivity index (χ4n) is 3.51. The molecule has 0 bridgehead atoms. The monoisotopic (exact) mass is 416 g/mol. The van der Waals surface area contributed by atoms with Gasteiger partial charge in [-0.3, -0.25) is 0 Å². The van der Waals surface area contributed by atoms with Gasteiger partial charge in [-0.2, -0.15) is 0 Å². The van der Waals surface area contributed by atoms with Crippen molar-refractivity contribution < 1.29 is 18.9 Å². The Morgan fingerprint density at radius 3 is 1.71 bits per heavy atom. The van der Waals surface area contributed by atoms with Crippen molar-refractivity contribution in [1.29, 1.82) is 0 Å². The standard InChI is InChI=1S/C27H28O4/c1-4-10-22(11-5-1)18-28-21-26-27(31-20-24-14-8-3-9-15-24)25(16-17-29-26)30-19-23-12-6-2-7-13-23/h1-17,25-27H,18-21H2/t25?,26-,27-/m1/s1. The Morgan fingerprint density at radius 2 is 1.13 bits per heavy atom. The maximum Gasteiger partial charge on any atom is 0.150 e. The fraction of sp³-hybridized carbons (Fsp3) is 0.259. The van der Waals surface area contributed by atoms with Crippen LogP contribution in [0.3, 0.4) is 0 Å². The number of rotatable bonds is 10. The molecule has 0 amide bonds. The van der Waals surface area contributed by atoms with Crippen molar-refractivity contribution in [2.75, 3.05) is 6.61 Å². The lowest BCUT2D eigenvalue weighted by molar-refractivity contribution is -0.147. The van der Waals surface area contributed by atoms with Gasteiger partial charge >= 0.3 is 0 Å². The molecule has 0 spiro atoms. The molecule has 1 aliphatic heterocycles. The average Bonchev–Trinajstić information content (AvgIpc) is 2.84. The smallest absolute Gasteiger partial charge is 0.150 e. The number of hydrogen-bond donors (Lipinski definition) is 0. The summed E-state index contributed by atoms with van der Waals surface area (Å²) in [6.45, 7) is 1.96. The molecule has 0 fully saturated rings. The van der Waals surface area contributed by atoms with Gasteiger partial charge in [0.15, 0.2) is 0 Å². The van der Waals surface area contributed by atoms with Gasteiger partial charge in [-0.05, 0) is 22.8 Å². The van der Waals surface area contributed by atoms with E-state index in [-0.39, 0.29) is 18.3 Å². The first-order chi connectivity index (χ1) is 15.4. The summed E-state index contributed by atoms with van der Waals surface area (Å²) in [5.74, 6) is 0. The molecular weight excluding hydrogens is 388 g/mol. The van der Waals surface area contributed by atoms with E-state index in [2.05, 4.69) is 36.4 Å². The molecule has 0 saturated heterocycles. The third-order valence-corrected chi connectivity index (χ3v) is 5.18. The van der Waals surface area contributed by atoms with Crippen LogP contribution in [-0.4, -0.2) is 24.9 Å². The summed E-state index contributed by atoms with van der Waals surface area (Å²) < 4.78 is 24.4. The predicted molar refractivity (Wildman–Crippen MR) is 120 cm³/mol. The first-order valence-corrected chi connectivity index (χ1v) is 10.6. The van der Waals surface area contributed by atoms with Crippen LogP contribution >= 0.6 is 0 Å². The molecule has 4 heteroatoms. The first-order valence-electron chi connectivity index (χ1n) is 10.6. The van der Waals surface area contributed by atoms with Crippen LogP contribution in [-0.2, 0) is 38.8 Å². The molecule has 3 atom stereocenters. The van der Waals surface area contributed by atoms with Crippen molar-refractivity contribution in [3.8, 4) is 0 Å². The molecule has 160 valence electrons. The average molecular weight is 417 g/mol. The molecule has 3 aromatic carbocycles. The van der Waals surface area contributed by atoms with E-state index < -0.39 is 0 Å². The van der Waals surface area contributed by atoms with Gasteiger partial charge in [-0.15, -0.1) is 0 Å².